The fourth-order valence-corrected chi connectivity index (χ4v) is 3.15. The number of fused-ring (bicyclic) bond motifs is 1. The zero-order valence-electron chi connectivity index (χ0n) is 13.8. The minimum atomic E-state index is -5.29. The van der Waals surface area contributed by atoms with Crippen LogP contribution in [0.2, 0.25) is 0 Å². The number of carbonyl (C=O) groups is 1. The fraction of sp³-hybridized carbons (Fsp3) is 0.188. The van der Waals surface area contributed by atoms with Gasteiger partial charge < -0.3 is 16.6 Å². The normalized spacial score (nSPS) is 14.3. The fourth-order valence-electron chi connectivity index (χ4n) is 2.75. The van der Waals surface area contributed by atoms with Crippen molar-refractivity contribution in [2.45, 2.75) is 18.7 Å². The van der Waals surface area contributed by atoms with Gasteiger partial charge in [0.1, 0.15) is 4.60 Å². The van der Waals surface area contributed by atoms with Crippen molar-refractivity contribution in [3.05, 3.63) is 46.3 Å². The second-order valence-corrected chi connectivity index (χ2v) is 6.70. The molecule has 3 rings (SSSR count). The standard InChI is InChI=1S/C16H13BrF3N5O2/c1-7-2-3-8(15(27,14(22)26)16(18,19)20)4-9(7)10-5-23-13-12(21)24-11(17)6-25(10)13/h2-6,27H,1H3,(H2,21,24)(H2,22,26). The number of alkyl halides is 3. The van der Waals surface area contributed by atoms with Crippen LogP contribution in [-0.4, -0.2) is 31.6 Å². The Balaban J connectivity index is 2.28. The second kappa shape index (κ2) is 6.20. The lowest BCUT2D eigenvalue weighted by atomic mass is 9.89. The Labute approximate surface area is 159 Å². The molecule has 3 aromatic rings. The average Bonchev–Trinajstić information content (AvgIpc) is 2.97. The molecule has 11 heteroatoms. The first-order valence-corrected chi connectivity index (χ1v) is 8.25. The van der Waals surface area contributed by atoms with Gasteiger partial charge in [0.05, 0.1) is 11.9 Å². The molecule has 1 amide bonds. The molecule has 7 nitrogen and oxygen atoms in total. The van der Waals surface area contributed by atoms with Gasteiger partial charge in [0, 0.05) is 17.3 Å². The third-order valence-electron chi connectivity index (χ3n) is 4.19. The monoisotopic (exact) mass is 443 g/mol. The molecule has 5 N–H and O–H groups in total. The number of nitrogens with zero attached hydrogens (tertiary/aromatic N) is 3. The number of carbonyl (C=O) groups excluding carboxylic acids is 1. The molecule has 0 aliphatic rings. The first-order valence-electron chi connectivity index (χ1n) is 7.46. The van der Waals surface area contributed by atoms with Crippen molar-refractivity contribution in [1.82, 2.24) is 14.4 Å². The van der Waals surface area contributed by atoms with Gasteiger partial charge in [-0.15, -0.1) is 0 Å². The topological polar surface area (TPSA) is 120 Å². The number of aromatic nitrogens is 3. The molecule has 1 atom stereocenters. The quantitative estimate of drug-likeness (QED) is 0.573. The minimum absolute atomic E-state index is 0.119. The maximum absolute atomic E-state index is 13.4. The van der Waals surface area contributed by atoms with E-state index in [1.807, 2.05) is 0 Å². The van der Waals surface area contributed by atoms with Crippen LogP contribution >= 0.6 is 15.9 Å². The van der Waals surface area contributed by atoms with Gasteiger partial charge in [0.25, 0.3) is 11.5 Å². The molecule has 0 aliphatic heterocycles. The lowest BCUT2D eigenvalue weighted by Gasteiger charge is -2.28. The summed E-state index contributed by atoms with van der Waals surface area (Å²) < 4.78 is 42.1. The first-order chi connectivity index (χ1) is 12.5. The Hall–Kier alpha value is -2.66. The number of hydrogen-bond donors (Lipinski definition) is 3. The molecule has 1 unspecified atom stereocenters. The molecule has 0 saturated carbocycles. The van der Waals surface area contributed by atoms with Crippen LogP contribution in [0.4, 0.5) is 19.0 Å². The molecule has 0 saturated heterocycles. The molecular weight excluding hydrogens is 431 g/mol. The van der Waals surface area contributed by atoms with Gasteiger partial charge in [0.2, 0.25) is 0 Å². The van der Waals surface area contributed by atoms with Crippen LogP contribution < -0.4 is 11.5 Å². The summed E-state index contributed by atoms with van der Waals surface area (Å²) in [4.78, 5) is 19.6. The van der Waals surface area contributed by atoms with E-state index in [1.165, 1.54) is 16.7 Å². The van der Waals surface area contributed by atoms with Gasteiger partial charge in [-0.05, 0) is 34.5 Å². The number of imidazole rings is 1. The van der Waals surface area contributed by atoms with E-state index in [0.717, 1.165) is 12.1 Å². The lowest BCUT2D eigenvalue weighted by Crippen LogP contribution is -2.52. The SMILES string of the molecule is Cc1ccc(C(O)(C(N)=O)C(F)(F)F)cc1-c1cnc2c(N)nc(Br)cn12. The maximum atomic E-state index is 13.4. The van der Waals surface area contributed by atoms with E-state index in [9.17, 15) is 23.1 Å². The van der Waals surface area contributed by atoms with Crippen LogP contribution in [-0.2, 0) is 10.4 Å². The van der Waals surface area contributed by atoms with Crippen LogP contribution in [0.5, 0.6) is 0 Å². The highest BCUT2D eigenvalue weighted by Crippen LogP contribution is 2.40. The summed E-state index contributed by atoms with van der Waals surface area (Å²) in [7, 11) is 0. The second-order valence-electron chi connectivity index (χ2n) is 5.89. The van der Waals surface area contributed by atoms with Crippen LogP contribution in [0.15, 0.2) is 35.2 Å². The Bertz CT molecular complexity index is 1070. The molecule has 0 fully saturated rings. The van der Waals surface area contributed by atoms with Crippen molar-refractivity contribution in [2.24, 2.45) is 5.73 Å². The number of halogens is 4. The molecule has 0 aliphatic carbocycles. The molecular formula is C16H13BrF3N5O2. The zero-order valence-corrected chi connectivity index (χ0v) is 15.3. The van der Waals surface area contributed by atoms with Crippen molar-refractivity contribution >= 4 is 33.3 Å². The van der Waals surface area contributed by atoms with E-state index >= 15 is 0 Å². The molecule has 27 heavy (non-hydrogen) atoms. The zero-order chi connectivity index (χ0) is 20.1. The minimum Gasteiger partial charge on any atom is -0.381 e. The van der Waals surface area contributed by atoms with E-state index in [0.29, 0.717) is 27.1 Å². The third-order valence-corrected chi connectivity index (χ3v) is 4.57. The lowest BCUT2D eigenvalue weighted by molar-refractivity contribution is -0.255. The predicted octanol–water partition coefficient (Wildman–Crippen LogP) is 2.28. The van der Waals surface area contributed by atoms with Crippen LogP contribution in [0.3, 0.4) is 0 Å². The molecule has 0 bridgehead atoms. The summed E-state index contributed by atoms with van der Waals surface area (Å²) >= 11 is 3.19. The third kappa shape index (κ3) is 2.92. The van der Waals surface area contributed by atoms with Gasteiger partial charge in [-0.3, -0.25) is 9.20 Å². The number of primary amides is 1. The van der Waals surface area contributed by atoms with Gasteiger partial charge in [-0.2, -0.15) is 13.2 Å². The smallest absolute Gasteiger partial charge is 0.381 e. The number of hydrogen-bond acceptors (Lipinski definition) is 5. The number of anilines is 1. The summed E-state index contributed by atoms with van der Waals surface area (Å²) in [6.07, 6.45) is -2.34. The number of nitrogen functional groups attached to an aromatic ring is 1. The maximum Gasteiger partial charge on any atom is 0.430 e. The summed E-state index contributed by atoms with van der Waals surface area (Å²) in [5, 5.41) is 10.1. The van der Waals surface area contributed by atoms with Crippen LogP contribution in [0.1, 0.15) is 11.1 Å². The molecule has 2 aromatic heterocycles. The van der Waals surface area contributed by atoms with Crippen molar-refractivity contribution in [3.8, 4) is 11.3 Å². The summed E-state index contributed by atoms with van der Waals surface area (Å²) in [6.45, 7) is 1.66. The van der Waals surface area contributed by atoms with Gasteiger partial charge in [0.15, 0.2) is 11.5 Å². The summed E-state index contributed by atoms with van der Waals surface area (Å²) in [5.41, 5.74) is 7.75. The van der Waals surface area contributed by atoms with Crippen molar-refractivity contribution in [2.75, 3.05) is 5.73 Å². The molecule has 2 heterocycles. The largest absolute Gasteiger partial charge is 0.430 e. The predicted molar refractivity (Wildman–Crippen MR) is 94.4 cm³/mol. The average molecular weight is 444 g/mol. The van der Waals surface area contributed by atoms with Gasteiger partial charge >= 0.3 is 6.18 Å². The summed E-state index contributed by atoms with van der Waals surface area (Å²) in [5.74, 6) is -1.80. The number of rotatable bonds is 3. The van der Waals surface area contributed by atoms with Crippen molar-refractivity contribution in [1.29, 1.82) is 0 Å². The number of amides is 1. The molecule has 142 valence electrons. The Morgan fingerprint density at radius 2 is 2.00 bits per heavy atom. The van der Waals surface area contributed by atoms with E-state index in [1.54, 1.807) is 13.1 Å². The van der Waals surface area contributed by atoms with E-state index in [2.05, 4.69) is 25.9 Å². The number of aryl methyl sites for hydroxylation is 1. The Morgan fingerprint density at radius 1 is 1.33 bits per heavy atom. The first kappa shape index (κ1) is 19.1. The van der Waals surface area contributed by atoms with E-state index < -0.39 is 23.2 Å². The van der Waals surface area contributed by atoms with Gasteiger partial charge in [-0.1, -0.05) is 12.1 Å². The highest BCUT2D eigenvalue weighted by molar-refractivity contribution is 9.10. The highest BCUT2D eigenvalue weighted by Gasteiger charge is 2.60. The van der Waals surface area contributed by atoms with Crippen LogP contribution in [0.25, 0.3) is 16.9 Å². The van der Waals surface area contributed by atoms with Gasteiger partial charge in [-0.25, -0.2) is 9.97 Å². The van der Waals surface area contributed by atoms with Crippen molar-refractivity contribution < 1.29 is 23.1 Å². The van der Waals surface area contributed by atoms with Crippen LogP contribution in [0, 0.1) is 6.92 Å². The number of aliphatic hydroxyl groups is 1. The summed E-state index contributed by atoms with van der Waals surface area (Å²) in [6, 6.07) is 3.41. The molecule has 0 spiro atoms. The van der Waals surface area contributed by atoms with E-state index in [4.69, 9.17) is 11.5 Å². The molecule has 1 aromatic carbocycles. The van der Waals surface area contributed by atoms with E-state index in [-0.39, 0.29) is 5.82 Å². The number of nitrogens with two attached hydrogens (primary N) is 2. The molecule has 0 radical (unpaired) electrons. The highest BCUT2D eigenvalue weighted by atomic mass is 79.9. The Kier molecular flexibility index (Phi) is 4.39. The Morgan fingerprint density at radius 3 is 2.59 bits per heavy atom. The number of benzene rings is 1. The van der Waals surface area contributed by atoms with Crippen molar-refractivity contribution in [3.63, 3.8) is 0 Å².